The second kappa shape index (κ2) is 5.85. The summed E-state index contributed by atoms with van der Waals surface area (Å²) < 4.78 is 28.4. The highest BCUT2D eigenvalue weighted by molar-refractivity contribution is 7.91. The summed E-state index contributed by atoms with van der Waals surface area (Å²) in [6.45, 7) is 1.14. The molecule has 1 saturated heterocycles. The lowest BCUT2D eigenvalue weighted by Crippen LogP contribution is -2.43. The highest BCUT2D eigenvalue weighted by atomic mass is 35.5. The van der Waals surface area contributed by atoms with Crippen LogP contribution in [-0.4, -0.2) is 38.9 Å². The second-order valence-corrected chi connectivity index (χ2v) is 8.90. The van der Waals surface area contributed by atoms with Crippen molar-refractivity contribution >= 4 is 43.0 Å². The summed E-state index contributed by atoms with van der Waals surface area (Å²) in [5.41, 5.74) is 0. The Kier molecular flexibility index (Phi) is 4.25. The van der Waals surface area contributed by atoms with Crippen LogP contribution >= 0.6 is 22.9 Å². The third-order valence-corrected chi connectivity index (χ3v) is 7.61. The molecule has 3 rings (SSSR count). The Morgan fingerprint density at radius 3 is 2.67 bits per heavy atom. The maximum absolute atomic E-state index is 12.7. The summed E-state index contributed by atoms with van der Waals surface area (Å²) in [7, 11) is -1.47. The molecule has 0 saturated carbocycles. The number of piperidine rings is 1. The summed E-state index contributed by atoms with van der Waals surface area (Å²) in [6, 6.07) is 7.60. The van der Waals surface area contributed by atoms with Gasteiger partial charge in [-0.25, -0.2) is 8.42 Å². The van der Waals surface area contributed by atoms with Gasteiger partial charge in [0.1, 0.15) is 4.21 Å². The van der Waals surface area contributed by atoms with E-state index in [4.69, 9.17) is 11.6 Å². The van der Waals surface area contributed by atoms with Gasteiger partial charge >= 0.3 is 0 Å². The van der Waals surface area contributed by atoms with Crippen LogP contribution in [0.4, 0.5) is 0 Å². The molecule has 114 valence electrons. The number of thiophene rings is 1. The number of nitrogens with one attached hydrogen (secondary N) is 1. The standard InChI is InChI=1S/C14H17ClN2O2S2/c1-16-12-4-6-17(7-5-12)21(18,19)14-9-10-8-11(15)2-3-13(10)20-14/h2-3,8-9,12,16H,4-7H2,1H3. The average Bonchev–Trinajstić information content (AvgIpc) is 2.91. The monoisotopic (exact) mass is 344 g/mol. The van der Waals surface area contributed by atoms with E-state index in [0.29, 0.717) is 28.4 Å². The van der Waals surface area contributed by atoms with Crippen LogP contribution in [0.1, 0.15) is 12.8 Å². The van der Waals surface area contributed by atoms with Crippen molar-refractivity contribution in [2.24, 2.45) is 0 Å². The van der Waals surface area contributed by atoms with Crippen LogP contribution in [0.25, 0.3) is 10.1 Å². The first-order valence-corrected chi connectivity index (χ1v) is 9.50. The zero-order chi connectivity index (χ0) is 15.0. The summed E-state index contributed by atoms with van der Waals surface area (Å²) >= 11 is 7.27. The maximum atomic E-state index is 12.7. The van der Waals surface area contributed by atoms with Crippen molar-refractivity contribution in [3.8, 4) is 0 Å². The number of rotatable bonds is 3. The van der Waals surface area contributed by atoms with Gasteiger partial charge in [0.25, 0.3) is 10.0 Å². The predicted molar refractivity (Wildman–Crippen MR) is 87.7 cm³/mol. The van der Waals surface area contributed by atoms with E-state index in [1.807, 2.05) is 13.1 Å². The van der Waals surface area contributed by atoms with Crippen LogP contribution in [0.3, 0.4) is 0 Å². The van der Waals surface area contributed by atoms with Gasteiger partial charge in [-0.2, -0.15) is 4.31 Å². The number of sulfonamides is 1. The van der Waals surface area contributed by atoms with Crippen molar-refractivity contribution in [1.82, 2.24) is 9.62 Å². The van der Waals surface area contributed by atoms with E-state index in [0.717, 1.165) is 22.9 Å². The molecular formula is C14H17ClN2O2S2. The first-order valence-electron chi connectivity index (χ1n) is 6.87. The Balaban J connectivity index is 1.90. The average molecular weight is 345 g/mol. The zero-order valence-electron chi connectivity index (χ0n) is 11.7. The molecule has 0 aliphatic carbocycles. The van der Waals surface area contributed by atoms with E-state index in [1.54, 1.807) is 22.5 Å². The Labute approximate surface area is 133 Å². The molecule has 1 aliphatic heterocycles. The SMILES string of the molecule is CNC1CCN(S(=O)(=O)c2cc3cc(Cl)ccc3s2)CC1. The van der Waals surface area contributed by atoms with Gasteiger partial charge in [0.2, 0.25) is 0 Å². The topological polar surface area (TPSA) is 49.4 Å². The molecule has 1 aromatic heterocycles. The van der Waals surface area contributed by atoms with Crippen LogP contribution in [0.5, 0.6) is 0 Å². The molecule has 0 unspecified atom stereocenters. The van der Waals surface area contributed by atoms with Crippen molar-refractivity contribution < 1.29 is 8.42 Å². The number of hydrogen-bond donors (Lipinski definition) is 1. The molecular weight excluding hydrogens is 328 g/mol. The molecule has 0 amide bonds. The van der Waals surface area contributed by atoms with Gasteiger partial charge in [-0.1, -0.05) is 11.6 Å². The second-order valence-electron chi connectivity index (χ2n) is 5.21. The van der Waals surface area contributed by atoms with Crippen molar-refractivity contribution in [2.45, 2.75) is 23.1 Å². The lowest BCUT2D eigenvalue weighted by Gasteiger charge is -2.30. The van der Waals surface area contributed by atoms with Gasteiger partial charge < -0.3 is 5.32 Å². The fraction of sp³-hybridized carbons (Fsp3) is 0.429. The molecule has 0 atom stereocenters. The fourth-order valence-corrected chi connectivity index (χ4v) is 5.81. The molecule has 0 radical (unpaired) electrons. The van der Waals surface area contributed by atoms with Gasteiger partial charge in [0.05, 0.1) is 0 Å². The highest BCUT2D eigenvalue weighted by Crippen LogP contribution is 2.33. The van der Waals surface area contributed by atoms with Gasteiger partial charge in [0, 0.05) is 28.9 Å². The van der Waals surface area contributed by atoms with Crippen molar-refractivity contribution in [3.05, 3.63) is 29.3 Å². The molecule has 1 aromatic carbocycles. The van der Waals surface area contributed by atoms with Crippen LogP contribution in [0.15, 0.2) is 28.5 Å². The summed E-state index contributed by atoms with van der Waals surface area (Å²) in [5, 5.41) is 4.72. The van der Waals surface area contributed by atoms with Crippen LogP contribution in [0, 0.1) is 0 Å². The fourth-order valence-electron chi connectivity index (χ4n) is 2.63. The largest absolute Gasteiger partial charge is 0.317 e. The highest BCUT2D eigenvalue weighted by Gasteiger charge is 2.30. The lowest BCUT2D eigenvalue weighted by atomic mass is 10.1. The van der Waals surface area contributed by atoms with Crippen molar-refractivity contribution in [2.75, 3.05) is 20.1 Å². The van der Waals surface area contributed by atoms with Gasteiger partial charge in [-0.3, -0.25) is 0 Å². The molecule has 0 spiro atoms. The zero-order valence-corrected chi connectivity index (χ0v) is 14.1. The molecule has 2 aromatic rings. The Morgan fingerprint density at radius 2 is 2.00 bits per heavy atom. The van der Waals surface area contributed by atoms with E-state index < -0.39 is 10.0 Å². The van der Waals surface area contributed by atoms with E-state index in [9.17, 15) is 8.42 Å². The molecule has 1 fully saturated rings. The van der Waals surface area contributed by atoms with Crippen LogP contribution < -0.4 is 5.32 Å². The van der Waals surface area contributed by atoms with E-state index in [-0.39, 0.29) is 0 Å². The number of nitrogens with zero attached hydrogens (tertiary/aromatic N) is 1. The minimum atomic E-state index is -3.39. The van der Waals surface area contributed by atoms with E-state index in [2.05, 4.69) is 5.32 Å². The third-order valence-electron chi connectivity index (χ3n) is 3.91. The van der Waals surface area contributed by atoms with Crippen LogP contribution in [0.2, 0.25) is 5.02 Å². The predicted octanol–water partition coefficient (Wildman–Crippen LogP) is 2.93. The molecule has 1 N–H and O–H groups in total. The number of benzene rings is 1. The third kappa shape index (κ3) is 2.96. The minimum absolute atomic E-state index is 0.405. The first-order chi connectivity index (χ1) is 10.0. The van der Waals surface area contributed by atoms with Gasteiger partial charge in [-0.05, 0) is 49.5 Å². The molecule has 7 heteroatoms. The van der Waals surface area contributed by atoms with Gasteiger partial charge in [0.15, 0.2) is 0 Å². The molecule has 1 aliphatic rings. The first kappa shape index (κ1) is 15.2. The summed E-state index contributed by atoms with van der Waals surface area (Å²) in [6.07, 6.45) is 1.71. The molecule has 4 nitrogen and oxygen atoms in total. The molecule has 2 heterocycles. The normalized spacial score (nSPS) is 18.4. The molecule has 21 heavy (non-hydrogen) atoms. The Morgan fingerprint density at radius 1 is 1.29 bits per heavy atom. The smallest absolute Gasteiger partial charge is 0.252 e. The Hall–Kier alpha value is -0.660. The minimum Gasteiger partial charge on any atom is -0.317 e. The van der Waals surface area contributed by atoms with Crippen molar-refractivity contribution in [1.29, 1.82) is 0 Å². The van der Waals surface area contributed by atoms with Crippen LogP contribution in [-0.2, 0) is 10.0 Å². The van der Waals surface area contributed by atoms with E-state index >= 15 is 0 Å². The number of hydrogen-bond acceptors (Lipinski definition) is 4. The van der Waals surface area contributed by atoms with Crippen molar-refractivity contribution in [3.63, 3.8) is 0 Å². The summed E-state index contributed by atoms with van der Waals surface area (Å²) in [5.74, 6) is 0. The lowest BCUT2D eigenvalue weighted by molar-refractivity contribution is 0.299. The number of halogens is 1. The Bertz CT molecular complexity index is 749. The number of fused-ring (bicyclic) bond motifs is 1. The quantitative estimate of drug-likeness (QED) is 0.931. The summed E-state index contributed by atoms with van der Waals surface area (Å²) in [4.78, 5) is 0. The van der Waals surface area contributed by atoms with Gasteiger partial charge in [-0.15, -0.1) is 11.3 Å². The maximum Gasteiger partial charge on any atom is 0.252 e. The molecule has 0 bridgehead atoms. The van der Waals surface area contributed by atoms with E-state index in [1.165, 1.54) is 11.3 Å².